The lowest BCUT2D eigenvalue weighted by molar-refractivity contribution is 0.589. The number of hydrogen-bond donors (Lipinski definition) is 0. The highest BCUT2D eigenvalue weighted by molar-refractivity contribution is 5.49. The highest BCUT2D eigenvalue weighted by Crippen LogP contribution is 2.32. The van der Waals surface area contributed by atoms with Crippen molar-refractivity contribution in [3.63, 3.8) is 0 Å². The van der Waals surface area contributed by atoms with Crippen LogP contribution in [0.2, 0.25) is 0 Å². The molecule has 1 aromatic heterocycles. The molecule has 0 N–H and O–H groups in total. The minimum atomic E-state index is -0.102. The Morgan fingerprint density at radius 1 is 1.20 bits per heavy atom. The highest BCUT2D eigenvalue weighted by atomic mass is 19.1. The van der Waals surface area contributed by atoms with Crippen molar-refractivity contribution in [1.29, 1.82) is 0 Å². The molecular weight excluding hydrogens is 253 g/mol. The van der Waals surface area contributed by atoms with E-state index in [1.165, 1.54) is 6.07 Å². The van der Waals surface area contributed by atoms with Crippen molar-refractivity contribution < 1.29 is 4.39 Å². The lowest BCUT2D eigenvalue weighted by Gasteiger charge is -2.20. The van der Waals surface area contributed by atoms with E-state index in [-0.39, 0.29) is 11.7 Å². The normalized spacial score (nSPS) is 18.6. The quantitative estimate of drug-likeness (QED) is 0.839. The summed E-state index contributed by atoms with van der Waals surface area (Å²) >= 11 is 0. The van der Waals surface area contributed by atoms with Gasteiger partial charge in [0.2, 0.25) is 0 Å². The molecule has 0 unspecified atom stereocenters. The topological polar surface area (TPSA) is 29.0 Å². The second-order valence-electron chi connectivity index (χ2n) is 5.36. The van der Waals surface area contributed by atoms with Gasteiger partial charge in [-0.15, -0.1) is 0 Å². The van der Waals surface area contributed by atoms with Crippen molar-refractivity contribution in [2.24, 2.45) is 0 Å². The summed E-state index contributed by atoms with van der Waals surface area (Å²) in [5.41, 5.74) is 2.93. The number of benzene rings is 1. The Morgan fingerprint density at radius 3 is 2.80 bits per heavy atom. The molecule has 4 heteroatoms. The summed E-state index contributed by atoms with van der Waals surface area (Å²) in [5, 5.41) is 0. The average molecular weight is 271 g/mol. The zero-order valence-electron chi connectivity index (χ0n) is 11.8. The molecule has 1 saturated heterocycles. The number of aromatic nitrogens is 2. The van der Waals surface area contributed by atoms with E-state index in [0.717, 1.165) is 42.1 Å². The predicted molar refractivity (Wildman–Crippen MR) is 77.5 cm³/mol. The highest BCUT2D eigenvalue weighted by Gasteiger charge is 2.27. The van der Waals surface area contributed by atoms with Gasteiger partial charge in [0.15, 0.2) is 0 Å². The van der Waals surface area contributed by atoms with Gasteiger partial charge in [0.05, 0.1) is 0 Å². The summed E-state index contributed by atoms with van der Waals surface area (Å²) in [5.74, 6) is 1.12. The Bertz CT molecular complexity index is 627. The summed E-state index contributed by atoms with van der Waals surface area (Å²) in [6.45, 7) is 5.76. The van der Waals surface area contributed by atoms with Crippen molar-refractivity contribution in [2.45, 2.75) is 26.2 Å². The molecular formula is C16H18FN3. The van der Waals surface area contributed by atoms with E-state index in [4.69, 9.17) is 0 Å². The summed E-state index contributed by atoms with van der Waals surface area (Å²) in [6.07, 6.45) is 2.57. The van der Waals surface area contributed by atoms with Crippen LogP contribution in [0.4, 0.5) is 10.2 Å². The molecule has 0 bridgehead atoms. The van der Waals surface area contributed by atoms with Gasteiger partial charge < -0.3 is 4.90 Å². The van der Waals surface area contributed by atoms with E-state index >= 15 is 0 Å². The van der Waals surface area contributed by atoms with Crippen LogP contribution in [0.15, 0.2) is 30.6 Å². The molecule has 1 aromatic carbocycles. The third kappa shape index (κ3) is 2.26. The first-order valence-electron chi connectivity index (χ1n) is 6.94. The van der Waals surface area contributed by atoms with E-state index in [1.54, 1.807) is 12.4 Å². The molecule has 1 aliphatic rings. The monoisotopic (exact) mass is 271 g/mol. The van der Waals surface area contributed by atoms with Crippen LogP contribution < -0.4 is 4.90 Å². The van der Waals surface area contributed by atoms with Crippen LogP contribution in [0.3, 0.4) is 0 Å². The van der Waals surface area contributed by atoms with Crippen LogP contribution in [0.5, 0.6) is 0 Å². The van der Waals surface area contributed by atoms with Crippen LogP contribution in [0.25, 0.3) is 0 Å². The maximum absolute atomic E-state index is 13.9. The zero-order chi connectivity index (χ0) is 14.1. The van der Waals surface area contributed by atoms with Gasteiger partial charge in [0.25, 0.3) is 0 Å². The van der Waals surface area contributed by atoms with Crippen molar-refractivity contribution in [1.82, 2.24) is 9.97 Å². The molecule has 3 rings (SSSR count). The summed E-state index contributed by atoms with van der Waals surface area (Å²) in [6, 6.07) is 7.07. The molecule has 1 fully saturated rings. The van der Waals surface area contributed by atoms with Crippen molar-refractivity contribution in [3.05, 3.63) is 53.2 Å². The third-order valence-electron chi connectivity index (χ3n) is 4.14. The van der Waals surface area contributed by atoms with E-state index in [1.807, 2.05) is 26.0 Å². The van der Waals surface area contributed by atoms with E-state index in [9.17, 15) is 4.39 Å². The number of rotatable bonds is 2. The first-order chi connectivity index (χ1) is 9.66. The van der Waals surface area contributed by atoms with Gasteiger partial charge in [-0.3, -0.25) is 0 Å². The van der Waals surface area contributed by atoms with Crippen LogP contribution in [0.1, 0.15) is 29.2 Å². The molecule has 0 saturated carbocycles. The van der Waals surface area contributed by atoms with Crippen LogP contribution >= 0.6 is 0 Å². The lowest BCUT2D eigenvalue weighted by Crippen LogP contribution is -2.22. The SMILES string of the molecule is Cc1ncnc(N2CC[C@@H](c3ccccc3F)C2)c1C. The van der Waals surface area contributed by atoms with Crippen molar-refractivity contribution in [3.8, 4) is 0 Å². The van der Waals surface area contributed by atoms with E-state index in [0.29, 0.717) is 0 Å². The molecule has 0 aliphatic carbocycles. The smallest absolute Gasteiger partial charge is 0.135 e. The number of nitrogens with zero attached hydrogens (tertiary/aromatic N) is 3. The summed E-state index contributed by atoms with van der Waals surface area (Å²) in [7, 11) is 0. The molecule has 1 atom stereocenters. The van der Waals surface area contributed by atoms with Gasteiger partial charge in [-0.1, -0.05) is 18.2 Å². The average Bonchev–Trinajstić information content (AvgIpc) is 2.92. The number of hydrogen-bond acceptors (Lipinski definition) is 3. The summed E-state index contributed by atoms with van der Waals surface area (Å²) < 4.78 is 13.9. The van der Waals surface area contributed by atoms with Crippen molar-refractivity contribution in [2.75, 3.05) is 18.0 Å². The fraction of sp³-hybridized carbons (Fsp3) is 0.375. The maximum atomic E-state index is 13.9. The van der Waals surface area contributed by atoms with Gasteiger partial charge in [-0.05, 0) is 31.9 Å². The Balaban J connectivity index is 1.84. The Labute approximate surface area is 118 Å². The second kappa shape index (κ2) is 5.19. The van der Waals surface area contributed by atoms with Gasteiger partial charge >= 0.3 is 0 Å². The van der Waals surface area contributed by atoms with Crippen molar-refractivity contribution >= 4 is 5.82 Å². The molecule has 2 aromatic rings. The molecule has 20 heavy (non-hydrogen) atoms. The Morgan fingerprint density at radius 2 is 2.00 bits per heavy atom. The number of aryl methyl sites for hydroxylation is 1. The van der Waals surface area contributed by atoms with Gasteiger partial charge in [-0.25, -0.2) is 14.4 Å². The molecule has 1 aliphatic heterocycles. The Kier molecular flexibility index (Phi) is 3.38. The maximum Gasteiger partial charge on any atom is 0.135 e. The molecule has 0 spiro atoms. The molecule has 0 radical (unpaired) electrons. The number of anilines is 1. The van der Waals surface area contributed by atoms with Crippen LogP contribution in [0, 0.1) is 19.7 Å². The fourth-order valence-electron chi connectivity index (χ4n) is 2.86. The Hall–Kier alpha value is -1.97. The van der Waals surface area contributed by atoms with Crippen LogP contribution in [-0.4, -0.2) is 23.1 Å². The molecule has 3 nitrogen and oxygen atoms in total. The predicted octanol–water partition coefficient (Wildman–Crippen LogP) is 3.23. The minimum Gasteiger partial charge on any atom is -0.356 e. The zero-order valence-corrected chi connectivity index (χ0v) is 11.8. The minimum absolute atomic E-state index is 0.102. The van der Waals surface area contributed by atoms with E-state index in [2.05, 4.69) is 14.9 Å². The first-order valence-corrected chi connectivity index (χ1v) is 6.94. The molecule has 0 amide bonds. The largest absolute Gasteiger partial charge is 0.356 e. The first kappa shape index (κ1) is 13.0. The van der Waals surface area contributed by atoms with Crippen LogP contribution in [-0.2, 0) is 0 Å². The number of halogens is 1. The van der Waals surface area contributed by atoms with Gasteiger partial charge in [0.1, 0.15) is 18.0 Å². The standard InChI is InChI=1S/C16H18FN3/c1-11-12(2)18-10-19-16(11)20-8-7-13(9-20)14-5-3-4-6-15(14)17/h3-6,10,13H,7-9H2,1-2H3/t13-/m1/s1. The van der Waals surface area contributed by atoms with Gasteiger partial charge in [-0.2, -0.15) is 0 Å². The summed E-state index contributed by atoms with van der Waals surface area (Å²) in [4.78, 5) is 10.8. The second-order valence-corrected chi connectivity index (χ2v) is 5.36. The fourth-order valence-corrected chi connectivity index (χ4v) is 2.86. The molecule has 2 heterocycles. The van der Waals surface area contributed by atoms with E-state index < -0.39 is 0 Å². The van der Waals surface area contributed by atoms with Gasteiger partial charge in [0, 0.05) is 30.3 Å². The molecule has 104 valence electrons. The third-order valence-corrected chi connectivity index (χ3v) is 4.14. The lowest BCUT2D eigenvalue weighted by atomic mass is 9.98.